The van der Waals surface area contributed by atoms with E-state index >= 15 is 0 Å². The zero-order valence-electron chi connectivity index (χ0n) is 9.10. The van der Waals surface area contributed by atoms with Crippen LogP contribution in [0, 0.1) is 6.07 Å². The molecule has 0 saturated heterocycles. The smallest absolute Gasteiger partial charge is 0.744 e. The minimum Gasteiger partial charge on any atom is -0.744 e. The minimum atomic E-state index is -4.36. The molecule has 0 aliphatic heterocycles. The van der Waals surface area contributed by atoms with Gasteiger partial charge in [-0.3, -0.25) is 0 Å². The van der Waals surface area contributed by atoms with E-state index in [1.807, 2.05) is 0 Å². The summed E-state index contributed by atoms with van der Waals surface area (Å²) in [6.07, 6.45) is 0. The molecule has 16 heavy (non-hydrogen) atoms. The topological polar surface area (TPSA) is 57.2 Å². The van der Waals surface area contributed by atoms with E-state index < -0.39 is 10.1 Å². The second-order valence-electron chi connectivity index (χ2n) is 2.89. The number of fused-ring (bicyclic) bond motifs is 1. The Morgan fingerprint density at radius 2 is 1.75 bits per heavy atom. The van der Waals surface area contributed by atoms with Crippen molar-refractivity contribution in [2.45, 2.75) is 4.90 Å². The molecule has 0 aromatic heterocycles. The van der Waals surface area contributed by atoms with Gasteiger partial charge in [0.2, 0.25) is 0 Å². The van der Waals surface area contributed by atoms with Crippen LogP contribution >= 0.6 is 0 Å². The third-order valence-corrected chi connectivity index (χ3v) is 2.78. The molecule has 72 valence electrons. The third kappa shape index (κ3) is 3.82. The molecule has 0 saturated carbocycles. The maximum atomic E-state index is 10.7. The molecule has 0 N–H and O–H groups in total. The summed E-state index contributed by atoms with van der Waals surface area (Å²) in [4.78, 5) is -0.204. The molecular weight excluding hydrogens is 246 g/mol. The molecule has 0 heterocycles. The number of benzene rings is 2. The van der Waals surface area contributed by atoms with E-state index in [2.05, 4.69) is 6.07 Å². The van der Waals surface area contributed by atoms with Crippen LogP contribution in [0.2, 0.25) is 0 Å². The van der Waals surface area contributed by atoms with E-state index in [0.717, 1.165) is 5.39 Å². The SMILES string of the molecule is O=S(=O)([O-])c1ccc2cc[c-]cc2c1.[Na+].[Na+]. The first-order chi connectivity index (χ1) is 6.57. The molecule has 3 nitrogen and oxygen atoms in total. The van der Waals surface area contributed by atoms with Gasteiger partial charge >= 0.3 is 59.1 Å². The van der Waals surface area contributed by atoms with Gasteiger partial charge in [0, 0.05) is 4.90 Å². The van der Waals surface area contributed by atoms with Crippen LogP contribution in [0.15, 0.2) is 41.3 Å². The van der Waals surface area contributed by atoms with Gasteiger partial charge in [0.1, 0.15) is 10.1 Å². The van der Waals surface area contributed by atoms with Gasteiger partial charge in [-0.1, -0.05) is 12.1 Å². The Kier molecular flexibility index (Phi) is 6.77. The van der Waals surface area contributed by atoms with Crippen LogP contribution in [0.25, 0.3) is 10.8 Å². The van der Waals surface area contributed by atoms with E-state index in [0.29, 0.717) is 5.39 Å². The van der Waals surface area contributed by atoms with Crippen molar-refractivity contribution in [3.8, 4) is 0 Å². The molecule has 0 spiro atoms. The van der Waals surface area contributed by atoms with Crippen molar-refractivity contribution in [1.29, 1.82) is 0 Å². The molecular formula is C10H6Na2O3S. The predicted octanol–water partition coefficient (Wildman–Crippen LogP) is -4.45. The predicted molar refractivity (Wildman–Crippen MR) is 50.7 cm³/mol. The third-order valence-electron chi connectivity index (χ3n) is 1.94. The van der Waals surface area contributed by atoms with Crippen molar-refractivity contribution in [3.05, 3.63) is 42.5 Å². The van der Waals surface area contributed by atoms with Gasteiger partial charge in [-0.25, -0.2) is 8.42 Å². The molecule has 0 unspecified atom stereocenters. The molecule has 2 aromatic rings. The van der Waals surface area contributed by atoms with Crippen molar-refractivity contribution in [3.63, 3.8) is 0 Å². The molecule has 0 radical (unpaired) electrons. The Balaban J connectivity index is 0.00000112. The first kappa shape index (κ1) is 16.6. The Morgan fingerprint density at radius 3 is 2.38 bits per heavy atom. The average Bonchev–Trinajstić information content (AvgIpc) is 2.16. The summed E-state index contributed by atoms with van der Waals surface area (Å²) >= 11 is 0. The fraction of sp³-hybridized carbons (Fsp3) is 0. The van der Waals surface area contributed by atoms with E-state index in [4.69, 9.17) is 0 Å². The molecule has 2 rings (SSSR count). The largest absolute Gasteiger partial charge is 1.00 e. The van der Waals surface area contributed by atoms with Crippen LogP contribution in [0.1, 0.15) is 0 Å². The summed E-state index contributed by atoms with van der Waals surface area (Å²) in [6, 6.07) is 12.3. The van der Waals surface area contributed by atoms with E-state index in [1.165, 1.54) is 12.1 Å². The van der Waals surface area contributed by atoms with Crippen molar-refractivity contribution < 1.29 is 72.1 Å². The quantitative estimate of drug-likeness (QED) is 0.292. The van der Waals surface area contributed by atoms with Gasteiger partial charge in [-0.2, -0.15) is 24.3 Å². The molecule has 2 aromatic carbocycles. The van der Waals surface area contributed by atoms with Crippen molar-refractivity contribution in [2.75, 3.05) is 0 Å². The Labute approximate surface area is 139 Å². The summed E-state index contributed by atoms with van der Waals surface area (Å²) < 4.78 is 32.1. The van der Waals surface area contributed by atoms with Crippen LogP contribution in [-0.2, 0) is 10.1 Å². The maximum absolute atomic E-state index is 10.7. The maximum Gasteiger partial charge on any atom is 1.00 e. The second kappa shape index (κ2) is 6.52. The minimum absolute atomic E-state index is 0. The first-order valence-electron chi connectivity index (χ1n) is 3.93. The summed E-state index contributed by atoms with van der Waals surface area (Å²) in [5, 5.41) is 1.58. The van der Waals surface area contributed by atoms with Crippen molar-refractivity contribution >= 4 is 20.9 Å². The zero-order valence-corrected chi connectivity index (χ0v) is 13.9. The molecule has 0 bridgehead atoms. The zero-order chi connectivity index (χ0) is 10.2. The number of hydrogen-bond acceptors (Lipinski definition) is 3. The van der Waals surface area contributed by atoms with E-state index in [9.17, 15) is 13.0 Å². The Hall–Kier alpha value is 0.610. The van der Waals surface area contributed by atoms with Gasteiger partial charge in [0.25, 0.3) is 0 Å². The Bertz CT molecular complexity index is 581. The van der Waals surface area contributed by atoms with Gasteiger partial charge in [0.05, 0.1) is 0 Å². The Morgan fingerprint density at radius 1 is 1.06 bits per heavy atom. The van der Waals surface area contributed by atoms with Gasteiger partial charge < -0.3 is 4.55 Å². The van der Waals surface area contributed by atoms with Crippen LogP contribution < -0.4 is 59.1 Å². The number of rotatable bonds is 1. The molecule has 0 amide bonds. The van der Waals surface area contributed by atoms with Gasteiger partial charge in [0.15, 0.2) is 0 Å². The molecule has 0 atom stereocenters. The molecule has 6 heteroatoms. The summed E-state index contributed by atoms with van der Waals surface area (Å²) in [7, 11) is -4.36. The van der Waals surface area contributed by atoms with Crippen LogP contribution in [0.4, 0.5) is 0 Å². The fourth-order valence-corrected chi connectivity index (χ4v) is 1.77. The van der Waals surface area contributed by atoms with Crippen LogP contribution in [-0.4, -0.2) is 13.0 Å². The standard InChI is InChI=1S/C10H7O3S.2Na/c11-14(12,13)10-6-5-8-3-1-2-4-9(8)7-10;;/h1,3-7H,(H,11,12,13);;/q-1;2*+1/p-1. The average molecular weight is 252 g/mol. The van der Waals surface area contributed by atoms with Crippen LogP contribution in [0.5, 0.6) is 0 Å². The number of hydrogen-bond donors (Lipinski definition) is 0. The first-order valence-corrected chi connectivity index (χ1v) is 5.34. The van der Waals surface area contributed by atoms with Crippen molar-refractivity contribution in [1.82, 2.24) is 0 Å². The summed E-state index contributed by atoms with van der Waals surface area (Å²) in [5.41, 5.74) is 0. The van der Waals surface area contributed by atoms with Gasteiger partial charge in [-0.05, 0) is 6.07 Å². The fourth-order valence-electron chi connectivity index (χ4n) is 1.26. The normalized spacial score (nSPS) is 10.3. The monoisotopic (exact) mass is 252 g/mol. The molecule has 0 fully saturated rings. The van der Waals surface area contributed by atoms with Crippen molar-refractivity contribution in [2.24, 2.45) is 0 Å². The summed E-state index contributed by atoms with van der Waals surface area (Å²) in [6.45, 7) is 0. The van der Waals surface area contributed by atoms with E-state index in [1.54, 1.807) is 24.3 Å². The summed E-state index contributed by atoms with van der Waals surface area (Å²) in [5.74, 6) is 0. The molecule has 0 aliphatic rings. The van der Waals surface area contributed by atoms with E-state index in [-0.39, 0.29) is 64.0 Å². The van der Waals surface area contributed by atoms with Crippen LogP contribution in [0.3, 0.4) is 0 Å². The van der Waals surface area contributed by atoms with Gasteiger partial charge in [-0.15, -0.1) is 10.8 Å². The molecule has 0 aliphatic carbocycles. The second-order valence-corrected chi connectivity index (χ2v) is 4.27.